The molecule has 1 unspecified atom stereocenters. The number of benzene rings is 1. The molecule has 1 aromatic carbocycles. The van der Waals surface area contributed by atoms with Crippen LogP contribution in [0.1, 0.15) is 27.2 Å². The Labute approximate surface area is 187 Å². The van der Waals surface area contributed by atoms with Gasteiger partial charge in [-0.3, -0.25) is 9.12 Å². The first-order valence-electron chi connectivity index (χ1n) is 10.2. The molecule has 3 heterocycles. The predicted molar refractivity (Wildman–Crippen MR) is 127 cm³/mol. The van der Waals surface area contributed by atoms with Gasteiger partial charge in [-0.15, -0.1) is 11.8 Å². The molecule has 1 aliphatic rings. The van der Waals surface area contributed by atoms with Crippen molar-refractivity contribution in [3.05, 3.63) is 42.7 Å². The van der Waals surface area contributed by atoms with Crippen LogP contribution in [0.3, 0.4) is 0 Å². The van der Waals surface area contributed by atoms with Gasteiger partial charge >= 0.3 is 0 Å². The SMILES string of the molecule is COc1cc2ncc(-c3cccc(NS(=O)(=O)C4CCNC4)c3)n2cc1SC(C)(C)C. The Balaban J connectivity index is 1.70. The van der Waals surface area contributed by atoms with E-state index < -0.39 is 15.3 Å². The van der Waals surface area contributed by atoms with Crippen LogP contribution < -0.4 is 14.8 Å². The molecule has 1 fully saturated rings. The van der Waals surface area contributed by atoms with E-state index in [1.807, 2.05) is 34.9 Å². The molecule has 0 spiro atoms. The number of pyridine rings is 1. The number of anilines is 1. The maximum absolute atomic E-state index is 12.7. The number of ether oxygens (including phenoxy) is 1. The molecule has 2 aromatic heterocycles. The largest absolute Gasteiger partial charge is 0.495 e. The van der Waals surface area contributed by atoms with Crippen molar-refractivity contribution in [2.75, 3.05) is 24.9 Å². The monoisotopic (exact) mass is 460 g/mol. The third-order valence-corrected chi connectivity index (χ3v) is 8.02. The van der Waals surface area contributed by atoms with Crippen molar-refractivity contribution in [1.82, 2.24) is 14.7 Å². The summed E-state index contributed by atoms with van der Waals surface area (Å²) in [6.07, 6.45) is 4.46. The molecule has 1 saturated heterocycles. The van der Waals surface area contributed by atoms with Gasteiger partial charge in [-0.05, 0) is 25.1 Å². The van der Waals surface area contributed by atoms with E-state index in [-0.39, 0.29) is 4.75 Å². The van der Waals surface area contributed by atoms with Gasteiger partial charge in [-0.2, -0.15) is 0 Å². The maximum Gasteiger partial charge on any atom is 0.236 e. The van der Waals surface area contributed by atoms with E-state index >= 15 is 0 Å². The molecule has 0 aliphatic carbocycles. The molecule has 9 heteroatoms. The van der Waals surface area contributed by atoms with Gasteiger partial charge in [0, 0.05) is 34.8 Å². The zero-order chi connectivity index (χ0) is 22.2. The van der Waals surface area contributed by atoms with E-state index in [9.17, 15) is 8.42 Å². The van der Waals surface area contributed by atoms with Crippen LogP contribution in [-0.4, -0.2) is 48.0 Å². The van der Waals surface area contributed by atoms with Crippen LogP contribution in [-0.2, 0) is 10.0 Å². The second kappa shape index (κ2) is 8.37. The van der Waals surface area contributed by atoms with Gasteiger partial charge in [0.2, 0.25) is 10.0 Å². The van der Waals surface area contributed by atoms with Gasteiger partial charge in [0.05, 0.1) is 29.1 Å². The summed E-state index contributed by atoms with van der Waals surface area (Å²) in [5, 5.41) is 2.70. The molecule has 3 aromatic rings. The maximum atomic E-state index is 12.7. The first-order valence-corrected chi connectivity index (χ1v) is 12.6. The van der Waals surface area contributed by atoms with E-state index in [1.165, 1.54) is 0 Å². The molecule has 4 rings (SSSR count). The molecular weight excluding hydrogens is 432 g/mol. The number of nitrogens with one attached hydrogen (secondary N) is 2. The fraction of sp³-hybridized carbons (Fsp3) is 0.409. The molecule has 0 radical (unpaired) electrons. The number of hydrogen-bond acceptors (Lipinski definition) is 6. The Kier molecular flexibility index (Phi) is 5.93. The molecule has 7 nitrogen and oxygen atoms in total. The van der Waals surface area contributed by atoms with E-state index in [2.05, 4.69) is 35.8 Å². The van der Waals surface area contributed by atoms with Crippen LogP contribution >= 0.6 is 11.8 Å². The van der Waals surface area contributed by atoms with E-state index in [0.717, 1.165) is 34.1 Å². The lowest BCUT2D eigenvalue weighted by molar-refractivity contribution is 0.404. The van der Waals surface area contributed by atoms with Gasteiger partial charge in [0.1, 0.15) is 11.4 Å². The molecule has 0 amide bonds. The van der Waals surface area contributed by atoms with Gasteiger partial charge < -0.3 is 10.1 Å². The van der Waals surface area contributed by atoms with Crippen LogP contribution in [0.15, 0.2) is 47.6 Å². The zero-order valence-corrected chi connectivity index (χ0v) is 19.8. The number of sulfonamides is 1. The number of methoxy groups -OCH3 is 1. The summed E-state index contributed by atoms with van der Waals surface area (Å²) in [5.74, 6) is 0.788. The predicted octanol–water partition coefficient (Wildman–Crippen LogP) is 4.00. The second-order valence-electron chi connectivity index (χ2n) is 8.63. The number of aromatic nitrogens is 2. The number of thioether (sulfide) groups is 1. The minimum atomic E-state index is -3.43. The topological polar surface area (TPSA) is 84.7 Å². The standard InChI is InChI=1S/C22H28N4O3S2/c1-22(2,3)30-20-14-26-18(13-24-21(26)11-19(20)29-4)15-6-5-7-16(10-15)25-31(27,28)17-8-9-23-12-17/h5-7,10-11,13-14,17,23,25H,8-9,12H2,1-4H3. The Morgan fingerprint density at radius 3 is 2.77 bits per heavy atom. The number of nitrogens with zero attached hydrogens (tertiary/aromatic N) is 2. The lowest BCUT2D eigenvalue weighted by Crippen LogP contribution is -2.29. The molecule has 1 atom stereocenters. The molecule has 31 heavy (non-hydrogen) atoms. The summed E-state index contributed by atoms with van der Waals surface area (Å²) in [7, 11) is -1.77. The van der Waals surface area contributed by atoms with E-state index in [1.54, 1.807) is 31.1 Å². The van der Waals surface area contributed by atoms with Crippen LogP contribution in [0.25, 0.3) is 16.9 Å². The molecule has 2 N–H and O–H groups in total. The van der Waals surface area contributed by atoms with Crippen molar-refractivity contribution in [3.63, 3.8) is 0 Å². The number of imidazole rings is 1. The molecule has 0 bridgehead atoms. The minimum absolute atomic E-state index is 0.0228. The van der Waals surface area contributed by atoms with Gasteiger partial charge in [0.25, 0.3) is 0 Å². The summed E-state index contributed by atoms with van der Waals surface area (Å²) in [4.78, 5) is 5.56. The van der Waals surface area contributed by atoms with Crippen LogP contribution in [0.2, 0.25) is 0 Å². The molecule has 166 valence electrons. The minimum Gasteiger partial charge on any atom is -0.495 e. The van der Waals surface area contributed by atoms with E-state index in [0.29, 0.717) is 18.7 Å². The fourth-order valence-electron chi connectivity index (χ4n) is 3.65. The summed E-state index contributed by atoms with van der Waals surface area (Å²) >= 11 is 1.73. The number of hydrogen-bond donors (Lipinski definition) is 2. The molecule has 0 saturated carbocycles. The Hall–Kier alpha value is -2.23. The highest BCUT2D eigenvalue weighted by molar-refractivity contribution is 8.00. The first-order chi connectivity index (χ1) is 14.7. The highest BCUT2D eigenvalue weighted by atomic mass is 32.2. The van der Waals surface area contributed by atoms with Gasteiger partial charge in [-0.1, -0.05) is 32.9 Å². The number of fused-ring (bicyclic) bond motifs is 1. The smallest absolute Gasteiger partial charge is 0.236 e. The van der Waals surface area contributed by atoms with E-state index in [4.69, 9.17) is 4.74 Å². The average Bonchev–Trinajstić information content (AvgIpc) is 3.36. The van der Waals surface area contributed by atoms with Crippen molar-refractivity contribution < 1.29 is 13.2 Å². The summed E-state index contributed by atoms with van der Waals surface area (Å²) < 4.78 is 35.7. The van der Waals surface area contributed by atoms with Crippen LogP contribution in [0.4, 0.5) is 5.69 Å². The summed E-state index contributed by atoms with van der Waals surface area (Å²) in [6, 6.07) is 9.37. The van der Waals surface area contributed by atoms with Crippen molar-refractivity contribution in [1.29, 1.82) is 0 Å². The Bertz CT molecular complexity index is 1190. The fourth-order valence-corrected chi connectivity index (χ4v) is 6.10. The summed E-state index contributed by atoms with van der Waals surface area (Å²) in [6.45, 7) is 7.69. The molecular formula is C22H28N4O3S2. The zero-order valence-electron chi connectivity index (χ0n) is 18.2. The van der Waals surface area contributed by atoms with Crippen LogP contribution in [0, 0.1) is 0 Å². The highest BCUT2D eigenvalue weighted by Crippen LogP contribution is 2.39. The first kappa shape index (κ1) is 22.0. The van der Waals surface area contributed by atoms with Gasteiger partial charge in [-0.25, -0.2) is 13.4 Å². The normalized spacial score (nSPS) is 17.2. The lowest BCUT2D eigenvalue weighted by Gasteiger charge is -2.20. The quantitative estimate of drug-likeness (QED) is 0.541. The van der Waals surface area contributed by atoms with Crippen LogP contribution in [0.5, 0.6) is 5.75 Å². The van der Waals surface area contributed by atoms with Crippen molar-refractivity contribution in [3.8, 4) is 17.0 Å². The average molecular weight is 461 g/mol. The van der Waals surface area contributed by atoms with Crippen molar-refractivity contribution >= 4 is 33.1 Å². The van der Waals surface area contributed by atoms with Gasteiger partial charge in [0.15, 0.2) is 0 Å². The Morgan fingerprint density at radius 2 is 2.10 bits per heavy atom. The van der Waals surface area contributed by atoms with Crippen molar-refractivity contribution in [2.24, 2.45) is 0 Å². The number of rotatable bonds is 6. The Morgan fingerprint density at radius 1 is 1.29 bits per heavy atom. The summed E-state index contributed by atoms with van der Waals surface area (Å²) in [5.41, 5.74) is 3.09. The third kappa shape index (κ3) is 4.83. The third-order valence-electron chi connectivity index (χ3n) is 5.08. The van der Waals surface area contributed by atoms with Crippen molar-refractivity contribution in [2.45, 2.75) is 42.1 Å². The molecule has 1 aliphatic heterocycles. The lowest BCUT2D eigenvalue weighted by atomic mass is 10.1. The second-order valence-corrected chi connectivity index (χ2v) is 12.5. The highest BCUT2D eigenvalue weighted by Gasteiger charge is 2.28.